The van der Waals surface area contributed by atoms with Crippen LogP contribution in [0, 0.1) is 0 Å². The van der Waals surface area contributed by atoms with Crippen molar-refractivity contribution in [2.75, 3.05) is 24.5 Å². The lowest BCUT2D eigenvalue weighted by Crippen LogP contribution is -2.30. The Bertz CT molecular complexity index is 916. The molecular weight excluding hydrogens is 326 g/mol. The molecule has 0 radical (unpaired) electrons. The summed E-state index contributed by atoms with van der Waals surface area (Å²) in [6.45, 7) is 3.80. The highest BCUT2D eigenvalue weighted by Gasteiger charge is 2.23. The van der Waals surface area contributed by atoms with Gasteiger partial charge in [-0.3, -0.25) is 0 Å². The summed E-state index contributed by atoms with van der Waals surface area (Å²) in [7, 11) is 0. The minimum Gasteiger partial charge on any atom is -0.352 e. The summed E-state index contributed by atoms with van der Waals surface area (Å²) in [6, 6.07) is 12.6. The van der Waals surface area contributed by atoms with Crippen molar-refractivity contribution in [1.82, 2.24) is 20.4 Å². The smallest absolute Gasteiger partial charge is 0.258 e. The first-order valence-electron chi connectivity index (χ1n) is 9.19. The molecule has 6 nitrogen and oxygen atoms in total. The monoisotopic (exact) mass is 347 g/mol. The molecule has 1 atom stereocenters. The normalized spacial score (nSPS) is 19.5. The molecule has 0 bridgehead atoms. The zero-order valence-corrected chi connectivity index (χ0v) is 14.6. The summed E-state index contributed by atoms with van der Waals surface area (Å²) < 4.78 is 5.53. The van der Waals surface area contributed by atoms with Gasteiger partial charge in [-0.05, 0) is 42.6 Å². The van der Waals surface area contributed by atoms with Gasteiger partial charge in [0.1, 0.15) is 5.82 Å². The molecule has 132 valence electrons. The number of rotatable bonds is 3. The van der Waals surface area contributed by atoms with Gasteiger partial charge in [0, 0.05) is 37.3 Å². The second-order valence-electron chi connectivity index (χ2n) is 6.99. The number of benzene rings is 1. The van der Waals surface area contributed by atoms with E-state index in [1.807, 2.05) is 12.3 Å². The zero-order chi connectivity index (χ0) is 17.3. The molecule has 1 saturated heterocycles. The Morgan fingerprint density at radius 1 is 1.15 bits per heavy atom. The molecule has 2 aliphatic rings. The Labute approximate surface area is 152 Å². The molecule has 26 heavy (non-hydrogen) atoms. The number of hydrogen-bond donors (Lipinski definition) is 1. The Hall–Kier alpha value is -2.73. The Morgan fingerprint density at radius 3 is 2.96 bits per heavy atom. The molecule has 3 aromatic rings. The van der Waals surface area contributed by atoms with Gasteiger partial charge in [-0.1, -0.05) is 29.4 Å². The van der Waals surface area contributed by atoms with Crippen LogP contribution in [0.2, 0.25) is 0 Å². The van der Waals surface area contributed by atoms with Crippen molar-refractivity contribution in [3.63, 3.8) is 0 Å². The van der Waals surface area contributed by atoms with Crippen LogP contribution in [0.5, 0.6) is 0 Å². The van der Waals surface area contributed by atoms with E-state index in [-0.39, 0.29) is 0 Å². The summed E-state index contributed by atoms with van der Waals surface area (Å²) in [4.78, 5) is 11.5. The predicted molar refractivity (Wildman–Crippen MR) is 99.0 cm³/mol. The third-order valence-corrected chi connectivity index (χ3v) is 5.31. The average Bonchev–Trinajstić information content (AvgIpc) is 3.39. The van der Waals surface area contributed by atoms with Crippen molar-refractivity contribution in [3.8, 4) is 11.5 Å². The van der Waals surface area contributed by atoms with Crippen LogP contribution >= 0.6 is 0 Å². The average molecular weight is 347 g/mol. The molecule has 2 aromatic heterocycles. The van der Waals surface area contributed by atoms with Crippen molar-refractivity contribution in [2.24, 2.45) is 0 Å². The highest BCUT2D eigenvalue weighted by atomic mass is 16.5. The van der Waals surface area contributed by atoms with Gasteiger partial charge in [0.15, 0.2) is 5.82 Å². The van der Waals surface area contributed by atoms with Crippen LogP contribution in [0.4, 0.5) is 5.82 Å². The minimum absolute atomic E-state index is 0.354. The van der Waals surface area contributed by atoms with E-state index in [0.29, 0.717) is 11.8 Å². The lowest BCUT2D eigenvalue weighted by molar-refractivity contribution is 0.417. The number of anilines is 1. The van der Waals surface area contributed by atoms with Gasteiger partial charge in [-0.15, -0.1) is 0 Å². The Kier molecular flexibility index (Phi) is 3.90. The lowest BCUT2D eigenvalue weighted by atomic mass is 10.00. The van der Waals surface area contributed by atoms with E-state index >= 15 is 0 Å². The first-order valence-corrected chi connectivity index (χ1v) is 9.19. The van der Waals surface area contributed by atoms with Crippen LogP contribution in [0.3, 0.4) is 0 Å². The van der Waals surface area contributed by atoms with Gasteiger partial charge in [0.2, 0.25) is 0 Å². The van der Waals surface area contributed by atoms with Gasteiger partial charge in [-0.25, -0.2) is 4.98 Å². The molecular formula is C20H21N5O. The fourth-order valence-corrected chi connectivity index (χ4v) is 3.81. The molecule has 0 amide bonds. The number of pyridine rings is 1. The third-order valence-electron chi connectivity index (χ3n) is 5.31. The van der Waals surface area contributed by atoms with E-state index < -0.39 is 0 Å². The van der Waals surface area contributed by atoms with Gasteiger partial charge in [-0.2, -0.15) is 4.98 Å². The highest BCUT2D eigenvalue weighted by molar-refractivity contribution is 5.59. The Balaban J connectivity index is 1.39. The number of aromatic nitrogens is 3. The maximum Gasteiger partial charge on any atom is 0.258 e. The topological polar surface area (TPSA) is 67.1 Å². The first kappa shape index (κ1) is 15.5. The fourth-order valence-electron chi connectivity index (χ4n) is 3.81. The number of nitrogens with zero attached hydrogens (tertiary/aromatic N) is 4. The largest absolute Gasteiger partial charge is 0.352 e. The molecule has 1 aromatic carbocycles. The summed E-state index contributed by atoms with van der Waals surface area (Å²) >= 11 is 0. The molecule has 1 unspecified atom stereocenters. The Morgan fingerprint density at radius 2 is 2.08 bits per heavy atom. The van der Waals surface area contributed by atoms with Gasteiger partial charge in [0.25, 0.3) is 5.89 Å². The van der Waals surface area contributed by atoms with Gasteiger partial charge in [0.05, 0.1) is 0 Å². The summed E-state index contributed by atoms with van der Waals surface area (Å²) in [5.41, 5.74) is 3.74. The first-order chi connectivity index (χ1) is 12.9. The van der Waals surface area contributed by atoms with Crippen molar-refractivity contribution >= 4 is 5.82 Å². The number of fused-ring (bicyclic) bond motifs is 1. The van der Waals surface area contributed by atoms with Crippen molar-refractivity contribution in [1.29, 1.82) is 0 Å². The van der Waals surface area contributed by atoms with Crippen LogP contribution in [0.1, 0.15) is 29.3 Å². The van der Waals surface area contributed by atoms with Crippen molar-refractivity contribution in [2.45, 2.75) is 25.3 Å². The summed E-state index contributed by atoms with van der Waals surface area (Å²) in [5, 5.41) is 7.53. The molecule has 0 spiro atoms. The van der Waals surface area contributed by atoms with Gasteiger partial charge >= 0.3 is 0 Å². The van der Waals surface area contributed by atoms with Gasteiger partial charge < -0.3 is 14.7 Å². The van der Waals surface area contributed by atoms with Crippen LogP contribution in [-0.2, 0) is 13.0 Å². The molecule has 2 aliphatic heterocycles. The quantitative estimate of drug-likeness (QED) is 0.786. The van der Waals surface area contributed by atoms with Crippen LogP contribution < -0.4 is 10.2 Å². The van der Waals surface area contributed by atoms with E-state index in [2.05, 4.69) is 55.7 Å². The second kappa shape index (κ2) is 6.53. The molecule has 1 N–H and O–H groups in total. The summed E-state index contributed by atoms with van der Waals surface area (Å²) in [6.07, 6.45) is 3.93. The van der Waals surface area contributed by atoms with Crippen molar-refractivity contribution < 1.29 is 4.52 Å². The number of hydrogen-bond acceptors (Lipinski definition) is 6. The predicted octanol–water partition coefficient (Wildman–Crippen LogP) is 2.77. The molecule has 0 aliphatic carbocycles. The minimum atomic E-state index is 0.354. The zero-order valence-electron chi connectivity index (χ0n) is 14.6. The summed E-state index contributed by atoms with van der Waals surface area (Å²) in [5.74, 6) is 2.69. The second-order valence-corrected chi connectivity index (χ2v) is 6.99. The SMILES string of the molecule is c1ccc2c(c1)CCN(c1cc(-c3nc(C4CCNC4)no3)ccn1)C2. The standard InChI is InChI=1S/C20H21N5O/c1-2-4-17-13-25(10-7-14(17)3-1)18-11-15(6-9-22-18)20-23-19(24-26-20)16-5-8-21-12-16/h1-4,6,9,11,16,21H,5,7-8,10,12-13H2. The third kappa shape index (κ3) is 2.86. The highest BCUT2D eigenvalue weighted by Crippen LogP contribution is 2.28. The fraction of sp³-hybridized carbons (Fsp3) is 0.350. The van der Waals surface area contributed by atoms with Crippen LogP contribution in [-0.4, -0.2) is 34.8 Å². The molecule has 4 heterocycles. The molecule has 1 fully saturated rings. The van der Waals surface area contributed by atoms with Crippen LogP contribution in [0.15, 0.2) is 47.1 Å². The maximum absolute atomic E-state index is 5.53. The molecule has 0 saturated carbocycles. The van der Waals surface area contributed by atoms with Crippen LogP contribution in [0.25, 0.3) is 11.5 Å². The van der Waals surface area contributed by atoms with Crippen molar-refractivity contribution in [3.05, 3.63) is 59.5 Å². The lowest BCUT2D eigenvalue weighted by Gasteiger charge is -2.29. The number of nitrogens with one attached hydrogen (secondary N) is 1. The molecule has 6 heteroatoms. The van der Waals surface area contributed by atoms with E-state index in [1.54, 1.807) is 0 Å². The maximum atomic E-state index is 5.53. The van der Waals surface area contributed by atoms with E-state index in [9.17, 15) is 0 Å². The van der Waals surface area contributed by atoms with E-state index in [4.69, 9.17) is 4.52 Å². The van der Waals surface area contributed by atoms with E-state index in [0.717, 1.165) is 56.2 Å². The van der Waals surface area contributed by atoms with E-state index in [1.165, 1.54) is 11.1 Å². The molecule has 5 rings (SSSR count).